The van der Waals surface area contributed by atoms with E-state index in [9.17, 15) is 14.9 Å². The Balaban J connectivity index is 1.61. The number of nitrogens with one attached hydrogen (secondary N) is 1. The highest BCUT2D eigenvalue weighted by atomic mass is 35.5. The second-order valence-electron chi connectivity index (χ2n) is 5.95. The number of carbonyl (C=O) groups is 1. The van der Waals surface area contributed by atoms with Gasteiger partial charge in [-0.2, -0.15) is 5.10 Å². The third-order valence-electron chi connectivity index (χ3n) is 4.00. The van der Waals surface area contributed by atoms with Crippen LogP contribution < -0.4 is 10.2 Å². The van der Waals surface area contributed by atoms with E-state index in [-0.39, 0.29) is 17.3 Å². The van der Waals surface area contributed by atoms with E-state index in [1.165, 1.54) is 12.1 Å². The second-order valence-corrected chi connectivity index (χ2v) is 6.36. The van der Waals surface area contributed by atoms with Crippen LogP contribution in [-0.2, 0) is 4.79 Å². The summed E-state index contributed by atoms with van der Waals surface area (Å²) in [7, 11) is 0. The van der Waals surface area contributed by atoms with E-state index >= 15 is 0 Å². The number of benzene rings is 3. The zero-order chi connectivity index (χ0) is 20.1. The van der Waals surface area contributed by atoms with Gasteiger partial charge in [0.25, 0.3) is 11.6 Å². The zero-order valence-electron chi connectivity index (χ0n) is 14.9. The Labute approximate surface area is 165 Å². The molecule has 1 amide bonds. The summed E-state index contributed by atoms with van der Waals surface area (Å²) in [5.74, 6) is 0.124. The van der Waals surface area contributed by atoms with Gasteiger partial charge >= 0.3 is 0 Å². The van der Waals surface area contributed by atoms with Crippen LogP contribution in [0, 0.1) is 10.1 Å². The van der Waals surface area contributed by atoms with Gasteiger partial charge in [-0.05, 0) is 35.9 Å². The number of halogens is 1. The molecule has 0 aliphatic carbocycles. The maximum atomic E-state index is 12.0. The third kappa shape index (κ3) is 4.63. The van der Waals surface area contributed by atoms with E-state index in [1.54, 1.807) is 19.1 Å². The second kappa shape index (κ2) is 8.49. The fraction of sp³-hybridized carbons (Fsp3) is 0.100. The number of nitrogens with zero attached hydrogens (tertiary/aromatic N) is 2. The maximum absolute atomic E-state index is 12.0. The number of hydrazone groups is 1. The highest BCUT2D eigenvalue weighted by Crippen LogP contribution is 2.25. The van der Waals surface area contributed by atoms with Crippen molar-refractivity contribution in [3.8, 4) is 5.75 Å². The Kier molecular flexibility index (Phi) is 5.86. The van der Waals surface area contributed by atoms with Gasteiger partial charge in [0.15, 0.2) is 6.61 Å². The molecule has 0 radical (unpaired) electrons. The summed E-state index contributed by atoms with van der Waals surface area (Å²) in [4.78, 5) is 22.4. The number of hydrogen-bond acceptors (Lipinski definition) is 5. The molecule has 0 atom stereocenters. The van der Waals surface area contributed by atoms with Crippen LogP contribution in [-0.4, -0.2) is 23.1 Å². The first-order valence-electron chi connectivity index (χ1n) is 8.33. The Hall–Kier alpha value is -3.45. The minimum atomic E-state index is -0.574. The van der Waals surface area contributed by atoms with Crippen molar-refractivity contribution < 1.29 is 14.5 Å². The minimum Gasteiger partial charge on any atom is -0.484 e. The fourth-order valence-corrected chi connectivity index (χ4v) is 2.71. The van der Waals surface area contributed by atoms with Gasteiger partial charge in [0.05, 0.1) is 10.6 Å². The third-order valence-corrected chi connectivity index (χ3v) is 4.32. The van der Waals surface area contributed by atoms with Crippen LogP contribution in [0.5, 0.6) is 5.75 Å². The molecule has 1 N–H and O–H groups in total. The molecular weight excluding hydrogens is 382 g/mol. The van der Waals surface area contributed by atoms with Crippen LogP contribution in [0.1, 0.15) is 12.5 Å². The molecule has 3 rings (SSSR count). The molecule has 0 saturated carbocycles. The van der Waals surface area contributed by atoms with Crippen LogP contribution in [0.15, 0.2) is 65.8 Å². The molecule has 0 heterocycles. The van der Waals surface area contributed by atoms with Crippen molar-refractivity contribution in [1.29, 1.82) is 0 Å². The van der Waals surface area contributed by atoms with E-state index in [2.05, 4.69) is 10.5 Å². The molecule has 0 bridgehead atoms. The van der Waals surface area contributed by atoms with Gasteiger partial charge in [-0.25, -0.2) is 5.43 Å². The Morgan fingerprint density at radius 3 is 2.64 bits per heavy atom. The average molecular weight is 398 g/mol. The molecule has 8 heteroatoms. The quantitative estimate of drug-likeness (QED) is 0.380. The molecule has 0 aliphatic heterocycles. The molecule has 0 aromatic heterocycles. The first kappa shape index (κ1) is 19.3. The summed E-state index contributed by atoms with van der Waals surface area (Å²) >= 11 is 5.79. The maximum Gasteiger partial charge on any atom is 0.288 e. The molecule has 142 valence electrons. The highest BCUT2D eigenvalue weighted by Gasteiger charge is 2.14. The molecule has 7 nitrogen and oxygen atoms in total. The van der Waals surface area contributed by atoms with Crippen LogP contribution in [0.4, 0.5) is 5.69 Å². The minimum absolute atomic E-state index is 0.0365. The lowest BCUT2D eigenvalue weighted by Crippen LogP contribution is -2.25. The zero-order valence-corrected chi connectivity index (χ0v) is 15.6. The topological polar surface area (TPSA) is 93.8 Å². The molecular formula is C20H16ClN3O4. The Morgan fingerprint density at radius 1 is 1.14 bits per heavy atom. The van der Waals surface area contributed by atoms with Gasteiger partial charge in [-0.1, -0.05) is 48.0 Å². The van der Waals surface area contributed by atoms with Crippen molar-refractivity contribution in [3.05, 3.63) is 81.4 Å². The normalized spacial score (nSPS) is 11.3. The standard InChI is InChI=1S/C20H16ClN3O4/c1-13(15-7-9-18(21)19(11-15)24(26)27)22-23-20(25)12-28-17-8-6-14-4-2-3-5-16(14)10-17/h2-11H,12H2,1H3,(H,23,25)/b22-13+. The smallest absolute Gasteiger partial charge is 0.288 e. The van der Waals surface area contributed by atoms with Crippen LogP contribution in [0.25, 0.3) is 10.8 Å². The van der Waals surface area contributed by atoms with E-state index in [1.807, 2.05) is 36.4 Å². The average Bonchev–Trinajstić information content (AvgIpc) is 2.70. The summed E-state index contributed by atoms with van der Waals surface area (Å²) in [6, 6.07) is 17.7. The van der Waals surface area contributed by atoms with Crippen molar-refractivity contribution in [2.45, 2.75) is 6.92 Å². The van der Waals surface area contributed by atoms with Gasteiger partial charge in [-0.15, -0.1) is 0 Å². The van der Waals surface area contributed by atoms with Gasteiger partial charge in [-0.3, -0.25) is 14.9 Å². The highest BCUT2D eigenvalue weighted by molar-refractivity contribution is 6.32. The molecule has 0 fully saturated rings. The van der Waals surface area contributed by atoms with E-state index in [4.69, 9.17) is 16.3 Å². The number of rotatable bonds is 6. The number of amides is 1. The molecule has 0 unspecified atom stereocenters. The van der Waals surface area contributed by atoms with Crippen molar-refractivity contribution in [2.24, 2.45) is 5.10 Å². The van der Waals surface area contributed by atoms with E-state index in [0.717, 1.165) is 10.8 Å². The number of nitro benzene ring substituents is 1. The number of carbonyl (C=O) groups excluding carboxylic acids is 1. The number of nitro groups is 1. The predicted molar refractivity (Wildman–Crippen MR) is 108 cm³/mol. The summed E-state index contributed by atoms with van der Waals surface area (Å²) in [5.41, 5.74) is 3.03. The lowest BCUT2D eigenvalue weighted by Gasteiger charge is -2.07. The van der Waals surface area contributed by atoms with Crippen LogP contribution in [0.2, 0.25) is 5.02 Å². The lowest BCUT2D eigenvalue weighted by atomic mass is 10.1. The van der Waals surface area contributed by atoms with Gasteiger partial charge in [0, 0.05) is 11.6 Å². The monoisotopic (exact) mass is 397 g/mol. The molecule has 0 aliphatic rings. The van der Waals surface area contributed by atoms with Gasteiger partial charge in [0.2, 0.25) is 0 Å². The van der Waals surface area contributed by atoms with Crippen molar-refractivity contribution in [1.82, 2.24) is 5.43 Å². The van der Waals surface area contributed by atoms with Crippen molar-refractivity contribution in [3.63, 3.8) is 0 Å². The van der Waals surface area contributed by atoms with Gasteiger partial charge < -0.3 is 4.74 Å². The Morgan fingerprint density at radius 2 is 1.89 bits per heavy atom. The lowest BCUT2D eigenvalue weighted by molar-refractivity contribution is -0.384. The summed E-state index contributed by atoms with van der Waals surface area (Å²) in [5, 5.41) is 17.0. The van der Waals surface area contributed by atoms with Crippen LogP contribution >= 0.6 is 11.6 Å². The van der Waals surface area contributed by atoms with Crippen molar-refractivity contribution in [2.75, 3.05) is 6.61 Å². The van der Waals surface area contributed by atoms with Crippen LogP contribution in [0.3, 0.4) is 0 Å². The summed E-state index contributed by atoms with van der Waals surface area (Å²) < 4.78 is 5.49. The molecule has 0 spiro atoms. The number of hydrogen-bond donors (Lipinski definition) is 1. The van der Waals surface area contributed by atoms with Crippen molar-refractivity contribution >= 4 is 39.7 Å². The summed E-state index contributed by atoms with van der Waals surface area (Å²) in [6.45, 7) is 1.41. The van der Waals surface area contributed by atoms with Gasteiger partial charge in [0.1, 0.15) is 10.8 Å². The number of fused-ring (bicyclic) bond motifs is 1. The Bertz CT molecular complexity index is 1080. The first-order chi connectivity index (χ1) is 13.4. The SMILES string of the molecule is C/C(=N\NC(=O)COc1ccc2ccccc2c1)c1ccc(Cl)c([N+](=O)[O-])c1. The molecule has 3 aromatic carbocycles. The van der Waals surface area contributed by atoms with E-state index < -0.39 is 10.8 Å². The summed E-state index contributed by atoms with van der Waals surface area (Å²) in [6.07, 6.45) is 0. The number of ether oxygens (including phenoxy) is 1. The van der Waals surface area contributed by atoms with E-state index in [0.29, 0.717) is 17.0 Å². The molecule has 28 heavy (non-hydrogen) atoms. The molecule has 0 saturated heterocycles. The molecule has 3 aromatic rings. The fourth-order valence-electron chi connectivity index (χ4n) is 2.53. The largest absolute Gasteiger partial charge is 0.484 e. The predicted octanol–water partition coefficient (Wildman–Crippen LogP) is 4.32. The first-order valence-corrected chi connectivity index (χ1v) is 8.71.